The molecule has 2 amide bonds. The van der Waals surface area contributed by atoms with Crippen LogP contribution >= 0.6 is 12.4 Å². The largest absolute Gasteiger partial charge is 0.338 e. The lowest BCUT2D eigenvalue weighted by Crippen LogP contribution is -2.36. The summed E-state index contributed by atoms with van der Waals surface area (Å²) in [5, 5.41) is 3.00. The number of nitrogens with two attached hydrogens (primary N) is 1. The number of carbonyl (C=O) groups excluding carboxylic acids is 2. The van der Waals surface area contributed by atoms with Crippen molar-refractivity contribution in [1.29, 1.82) is 0 Å². The molecule has 5 nitrogen and oxygen atoms in total. The van der Waals surface area contributed by atoms with Crippen LogP contribution in [-0.2, 0) is 16.1 Å². The number of benzene rings is 1. The normalized spacial score (nSPS) is 19.1. The third-order valence-corrected chi connectivity index (χ3v) is 5.67. The molecule has 26 heavy (non-hydrogen) atoms. The Labute approximate surface area is 162 Å². The number of nitrogens with zero attached hydrogens (tertiary/aromatic N) is 1. The Morgan fingerprint density at radius 1 is 1.12 bits per heavy atom. The summed E-state index contributed by atoms with van der Waals surface area (Å²) in [6.07, 6.45) is 7.84. The Hall–Kier alpha value is -1.59. The summed E-state index contributed by atoms with van der Waals surface area (Å²) < 4.78 is 0. The highest BCUT2D eigenvalue weighted by atomic mass is 35.5. The number of anilines is 1. The molecule has 1 heterocycles. The lowest BCUT2D eigenvalue weighted by molar-refractivity contribution is -0.128. The Morgan fingerprint density at radius 3 is 2.38 bits per heavy atom. The zero-order chi connectivity index (χ0) is 17.7. The van der Waals surface area contributed by atoms with Crippen LogP contribution in [0.25, 0.3) is 0 Å². The topological polar surface area (TPSA) is 75.4 Å². The zero-order valence-corrected chi connectivity index (χ0v) is 16.2. The zero-order valence-electron chi connectivity index (χ0n) is 15.3. The molecule has 2 fully saturated rings. The fraction of sp³-hybridized carbons (Fsp3) is 0.600. The average Bonchev–Trinajstić information content (AvgIpc) is 3.02. The van der Waals surface area contributed by atoms with E-state index in [2.05, 4.69) is 5.32 Å². The molecule has 1 aromatic rings. The molecule has 3 N–H and O–H groups in total. The lowest BCUT2D eigenvalue weighted by atomic mass is 9.71. The Bertz CT molecular complexity index is 612. The molecule has 0 unspecified atom stereocenters. The van der Waals surface area contributed by atoms with E-state index in [4.69, 9.17) is 5.73 Å². The number of likely N-dealkylation sites (tertiary alicyclic amines) is 1. The van der Waals surface area contributed by atoms with Crippen molar-refractivity contribution in [3.63, 3.8) is 0 Å². The van der Waals surface area contributed by atoms with E-state index in [0.29, 0.717) is 25.9 Å². The monoisotopic (exact) mass is 379 g/mol. The van der Waals surface area contributed by atoms with Crippen LogP contribution in [0.2, 0.25) is 0 Å². The third-order valence-electron chi connectivity index (χ3n) is 5.67. The van der Waals surface area contributed by atoms with Crippen molar-refractivity contribution in [2.75, 3.05) is 18.4 Å². The number of nitrogens with one attached hydrogen (secondary N) is 1. The SMILES string of the molecule is Cl.NCC1(CC(=O)Nc2ccc(CN3CCCC3=O)cc2)CCCCC1. The van der Waals surface area contributed by atoms with Gasteiger partial charge < -0.3 is 16.0 Å². The number of hydrogen-bond donors (Lipinski definition) is 2. The van der Waals surface area contributed by atoms with E-state index in [1.54, 1.807) is 0 Å². The first kappa shape index (κ1) is 20.7. The van der Waals surface area contributed by atoms with E-state index < -0.39 is 0 Å². The van der Waals surface area contributed by atoms with Gasteiger partial charge in [0.05, 0.1) is 0 Å². The highest BCUT2D eigenvalue weighted by molar-refractivity contribution is 5.91. The summed E-state index contributed by atoms with van der Waals surface area (Å²) in [5.74, 6) is 0.284. The van der Waals surface area contributed by atoms with E-state index in [1.807, 2.05) is 29.2 Å². The molecule has 6 heteroatoms. The number of rotatable bonds is 6. The molecule has 0 spiro atoms. The van der Waals surface area contributed by atoms with Gasteiger partial charge >= 0.3 is 0 Å². The predicted octanol–water partition coefficient (Wildman–Crippen LogP) is 3.47. The highest BCUT2D eigenvalue weighted by Gasteiger charge is 2.32. The molecule has 144 valence electrons. The van der Waals surface area contributed by atoms with Crippen LogP contribution in [-0.4, -0.2) is 29.8 Å². The van der Waals surface area contributed by atoms with Gasteiger partial charge in [0, 0.05) is 31.6 Å². The fourth-order valence-electron chi connectivity index (χ4n) is 4.09. The molecule has 0 aromatic heterocycles. The van der Waals surface area contributed by atoms with Crippen molar-refractivity contribution >= 4 is 29.9 Å². The van der Waals surface area contributed by atoms with E-state index in [1.165, 1.54) is 19.3 Å². The summed E-state index contributed by atoms with van der Waals surface area (Å²) in [6, 6.07) is 7.81. The standard InChI is InChI=1S/C20H29N3O2.ClH/c21-15-20(10-2-1-3-11-20)13-18(24)22-17-8-6-16(7-9-17)14-23-12-4-5-19(23)25;/h6-9H,1-5,10-15,21H2,(H,22,24);1H. The van der Waals surface area contributed by atoms with Crippen molar-refractivity contribution in [2.24, 2.45) is 11.1 Å². The van der Waals surface area contributed by atoms with E-state index >= 15 is 0 Å². The minimum atomic E-state index is -0.0155. The van der Waals surface area contributed by atoms with Crippen LogP contribution in [0.5, 0.6) is 0 Å². The van der Waals surface area contributed by atoms with Crippen LogP contribution in [0.1, 0.15) is 56.9 Å². The predicted molar refractivity (Wildman–Crippen MR) is 106 cm³/mol. The minimum absolute atomic E-state index is 0. The van der Waals surface area contributed by atoms with E-state index in [0.717, 1.165) is 37.1 Å². The van der Waals surface area contributed by atoms with Gasteiger partial charge in [-0.25, -0.2) is 0 Å². The minimum Gasteiger partial charge on any atom is -0.338 e. The smallest absolute Gasteiger partial charge is 0.224 e. The molecule has 1 aromatic carbocycles. The van der Waals surface area contributed by atoms with Gasteiger partial charge in [-0.3, -0.25) is 9.59 Å². The van der Waals surface area contributed by atoms with Crippen molar-refractivity contribution < 1.29 is 9.59 Å². The first-order valence-electron chi connectivity index (χ1n) is 9.47. The van der Waals surface area contributed by atoms with Gasteiger partial charge in [0.15, 0.2) is 0 Å². The molecular formula is C20H30ClN3O2. The Kier molecular flexibility index (Phi) is 7.47. The number of amides is 2. The van der Waals surface area contributed by atoms with Gasteiger partial charge in [-0.1, -0.05) is 31.4 Å². The van der Waals surface area contributed by atoms with Gasteiger partial charge in [-0.05, 0) is 48.9 Å². The van der Waals surface area contributed by atoms with Crippen molar-refractivity contribution in [3.05, 3.63) is 29.8 Å². The van der Waals surface area contributed by atoms with Crippen LogP contribution < -0.4 is 11.1 Å². The Balaban J connectivity index is 0.00000243. The molecule has 3 rings (SSSR count). The first-order valence-corrected chi connectivity index (χ1v) is 9.47. The van der Waals surface area contributed by atoms with Crippen LogP contribution in [0, 0.1) is 5.41 Å². The summed E-state index contributed by atoms with van der Waals surface area (Å²) in [5.41, 5.74) is 7.87. The molecule has 1 aliphatic carbocycles. The molecule has 1 aliphatic heterocycles. The molecule has 1 saturated heterocycles. The summed E-state index contributed by atoms with van der Waals surface area (Å²) in [7, 11) is 0. The molecule has 0 bridgehead atoms. The number of hydrogen-bond acceptors (Lipinski definition) is 3. The van der Waals surface area contributed by atoms with E-state index in [9.17, 15) is 9.59 Å². The quantitative estimate of drug-likeness (QED) is 0.794. The fourth-order valence-corrected chi connectivity index (χ4v) is 4.09. The van der Waals surface area contributed by atoms with Crippen molar-refractivity contribution in [1.82, 2.24) is 4.90 Å². The first-order chi connectivity index (χ1) is 12.1. The summed E-state index contributed by atoms with van der Waals surface area (Å²) >= 11 is 0. The summed E-state index contributed by atoms with van der Waals surface area (Å²) in [6.45, 7) is 2.09. The molecular weight excluding hydrogens is 350 g/mol. The van der Waals surface area contributed by atoms with Crippen LogP contribution in [0.4, 0.5) is 5.69 Å². The van der Waals surface area contributed by atoms with Crippen LogP contribution in [0.15, 0.2) is 24.3 Å². The van der Waals surface area contributed by atoms with Crippen molar-refractivity contribution in [2.45, 2.75) is 57.9 Å². The van der Waals surface area contributed by atoms with Gasteiger partial charge in [0.25, 0.3) is 0 Å². The van der Waals surface area contributed by atoms with Gasteiger partial charge in [-0.2, -0.15) is 0 Å². The second-order valence-corrected chi connectivity index (χ2v) is 7.61. The lowest BCUT2D eigenvalue weighted by Gasteiger charge is -2.35. The van der Waals surface area contributed by atoms with Gasteiger partial charge in [0.2, 0.25) is 11.8 Å². The second-order valence-electron chi connectivity index (χ2n) is 7.61. The maximum Gasteiger partial charge on any atom is 0.224 e. The van der Waals surface area contributed by atoms with Gasteiger partial charge in [0.1, 0.15) is 0 Å². The maximum atomic E-state index is 12.4. The van der Waals surface area contributed by atoms with Crippen LogP contribution in [0.3, 0.4) is 0 Å². The third kappa shape index (κ3) is 5.21. The Morgan fingerprint density at radius 2 is 1.81 bits per heavy atom. The maximum absolute atomic E-state index is 12.4. The molecule has 0 radical (unpaired) electrons. The second kappa shape index (κ2) is 9.38. The molecule has 2 aliphatic rings. The number of carbonyl (C=O) groups is 2. The average molecular weight is 380 g/mol. The molecule has 0 atom stereocenters. The van der Waals surface area contributed by atoms with E-state index in [-0.39, 0.29) is 29.6 Å². The summed E-state index contributed by atoms with van der Waals surface area (Å²) in [4.78, 5) is 26.0. The van der Waals surface area contributed by atoms with Gasteiger partial charge in [-0.15, -0.1) is 12.4 Å². The highest BCUT2D eigenvalue weighted by Crippen LogP contribution is 2.38. The molecule has 1 saturated carbocycles. The number of halogens is 1. The van der Waals surface area contributed by atoms with Crippen molar-refractivity contribution in [3.8, 4) is 0 Å².